The number of non-ortho nitro benzene ring substituents is 1. The zero-order chi connectivity index (χ0) is 13.5. The number of nitrogens with zero attached hydrogens (tertiary/aromatic N) is 1. The van der Waals surface area contributed by atoms with Gasteiger partial charge in [0.15, 0.2) is 0 Å². The number of hydrogen-bond acceptors (Lipinski definition) is 4. The SMILES string of the molecule is CCC(CC)COC(=O)c1ccc([N+](=O)[O-])cc1. The normalized spacial score (nSPS) is 10.4. The second kappa shape index (κ2) is 6.74. The van der Waals surface area contributed by atoms with Crippen molar-refractivity contribution >= 4 is 11.7 Å². The van der Waals surface area contributed by atoms with E-state index in [1.807, 2.05) is 13.8 Å². The molecule has 5 heteroatoms. The summed E-state index contributed by atoms with van der Waals surface area (Å²) in [5, 5.41) is 10.5. The Labute approximate surface area is 106 Å². The third-order valence-corrected chi connectivity index (χ3v) is 2.92. The van der Waals surface area contributed by atoms with Crippen LogP contribution in [0.25, 0.3) is 0 Å². The van der Waals surface area contributed by atoms with Crippen LogP contribution < -0.4 is 0 Å². The summed E-state index contributed by atoms with van der Waals surface area (Å²) in [5.74, 6) is -0.0659. The summed E-state index contributed by atoms with van der Waals surface area (Å²) < 4.78 is 5.16. The molecule has 1 rings (SSSR count). The highest BCUT2D eigenvalue weighted by atomic mass is 16.6. The van der Waals surface area contributed by atoms with Gasteiger partial charge >= 0.3 is 5.97 Å². The molecule has 0 radical (unpaired) electrons. The molecule has 0 fully saturated rings. The second-order valence-electron chi connectivity index (χ2n) is 4.08. The zero-order valence-electron chi connectivity index (χ0n) is 10.6. The van der Waals surface area contributed by atoms with Gasteiger partial charge in [0.2, 0.25) is 0 Å². The van der Waals surface area contributed by atoms with Crippen LogP contribution in [0.4, 0.5) is 5.69 Å². The van der Waals surface area contributed by atoms with E-state index in [0.717, 1.165) is 12.8 Å². The molecule has 0 aliphatic carbocycles. The molecular formula is C13H17NO4. The first kappa shape index (κ1) is 14.2. The van der Waals surface area contributed by atoms with Gasteiger partial charge in [0, 0.05) is 12.1 Å². The molecule has 18 heavy (non-hydrogen) atoms. The molecule has 0 atom stereocenters. The maximum absolute atomic E-state index is 11.7. The molecule has 0 saturated carbocycles. The van der Waals surface area contributed by atoms with Gasteiger partial charge < -0.3 is 4.74 Å². The molecule has 1 aromatic carbocycles. The number of carbonyl (C=O) groups excluding carboxylic acids is 1. The fourth-order valence-corrected chi connectivity index (χ4v) is 1.52. The van der Waals surface area contributed by atoms with Crippen molar-refractivity contribution in [2.75, 3.05) is 6.61 Å². The number of hydrogen-bond donors (Lipinski definition) is 0. The number of nitro groups is 1. The summed E-state index contributed by atoms with van der Waals surface area (Å²) in [7, 11) is 0. The van der Waals surface area contributed by atoms with Crippen LogP contribution in [-0.2, 0) is 4.74 Å². The fourth-order valence-electron chi connectivity index (χ4n) is 1.52. The van der Waals surface area contributed by atoms with E-state index in [1.165, 1.54) is 24.3 Å². The van der Waals surface area contributed by atoms with Crippen molar-refractivity contribution < 1.29 is 14.5 Å². The Morgan fingerprint density at radius 1 is 1.28 bits per heavy atom. The van der Waals surface area contributed by atoms with Gasteiger partial charge in [-0.05, 0) is 18.1 Å². The molecule has 0 aliphatic rings. The van der Waals surface area contributed by atoms with Crippen LogP contribution in [0.5, 0.6) is 0 Å². The highest BCUT2D eigenvalue weighted by Gasteiger charge is 2.12. The summed E-state index contributed by atoms with van der Waals surface area (Å²) in [5.41, 5.74) is 0.304. The van der Waals surface area contributed by atoms with Gasteiger partial charge in [0.05, 0.1) is 17.1 Å². The number of nitro benzene ring substituents is 1. The van der Waals surface area contributed by atoms with Gasteiger partial charge in [-0.15, -0.1) is 0 Å². The quantitative estimate of drug-likeness (QED) is 0.442. The minimum absolute atomic E-state index is 0.0356. The third-order valence-electron chi connectivity index (χ3n) is 2.92. The molecule has 0 N–H and O–H groups in total. The van der Waals surface area contributed by atoms with E-state index in [4.69, 9.17) is 4.74 Å². The molecule has 0 aromatic heterocycles. The molecule has 0 saturated heterocycles. The first-order chi connectivity index (χ1) is 8.58. The lowest BCUT2D eigenvalue weighted by molar-refractivity contribution is -0.384. The summed E-state index contributed by atoms with van der Waals surface area (Å²) in [6, 6.07) is 5.42. The van der Waals surface area contributed by atoms with Gasteiger partial charge in [0.25, 0.3) is 5.69 Å². The Bertz CT molecular complexity index is 410. The molecule has 0 spiro atoms. The van der Waals surface area contributed by atoms with E-state index in [9.17, 15) is 14.9 Å². The van der Waals surface area contributed by atoms with E-state index in [2.05, 4.69) is 0 Å². The fraction of sp³-hybridized carbons (Fsp3) is 0.462. The predicted molar refractivity (Wildman–Crippen MR) is 67.5 cm³/mol. The lowest BCUT2D eigenvalue weighted by atomic mass is 10.1. The number of rotatable bonds is 6. The standard InChI is InChI=1S/C13H17NO4/c1-3-10(4-2)9-18-13(15)11-5-7-12(8-6-11)14(16)17/h5-8,10H,3-4,9H2,1-2H3. The van der Waals surface area contributed by atoms with Crippen LogP contribution in [0.3, 0.4) is 0 Å². The van der Waals surface area contributed by atoms with Crippen LogP contribution in [-0.4, -0.2) is 17.5 Å². The molecule has 0 unspecified atom stereocenters. The molecule has 0 bridgehead atoms. The molecule has 0 heterocycles. The predicted octanol–water partition coefficient (Wildman–Crippen LogP) is 3.19. The monoisotopic (exact) mass is 251 g/mol. The minimum atomic E-state index is -0.501. The highest BCUT2D eigenvalue weighted by Crippen LogP contribution is 2.14. The van der Waals surface area contributed by atoms with E-state index in [-0.39, 0.29) is 5.69 Å². The van der Waals surface area contributed by atoms with Gasteiger partial charge in [-0.1, -0.05) is 26.7 Å². The van der Waals surface area contributed by atoms with Crippen molar-refractivity contribution in [1.29, 1.82) is 0 Å². The number of carbonyl (C=O) groups is 1. The first-order valence-electron chi connectivity index (χ1n) is 6.00. The Hall–Kier alpha value is -1.91. The van der Waals surface area contributed by atoms with Gasteiger partial charge in [0.1, 0.15) is 0 Å². The average Bonchev–Trinajstić information content (AvgIpc) is 2.39. The lowest BCUT2D eigenvalue weighted by Crippen LogP contribution is -2.13. The van der Waals surface area contributed by atoms with E-state index in [1.54, 1.807) is 0 Å². The third kappa shape index (κ3) is 3.84. The van der Waals surface area contributed by atoms with Crippen LogP contribution in [0.1, 0.15) is 37.0 Å². The zero-order valence-corrected chi connectivity index (χ0v) is 10.6. The largest absolute Gasteiger partial charge is 0.462 e. The lowest BCUT2D eigenvalue weighted by Gasteiger charge is -2.12. The summed E-state index contributed by atoms with van der Waals surface area (Å²) in [6.07, 6.45) is 1.92. The van der Waals surface area contributed by atoms with Gasteiger partial charge in [-0.2, -0.15) is 0 Å². The van der Waals surface area contributed by atoms with Gasteiger partial charge in [-0.25, -0.2) is 4.79 Å². The van der Waals surface area contributed by atoms with Crippen molar-refractivity contribution in [3.05, 3.63) is 39.9 Å². The first-order valence-corrected chi connectivity index (χ1v) is 6.00. The molecule has 5 nitrogen and oxygen atoms in total. The van der Waals surface area contributed by atoms with Crippen molar-refractivity contribution in [2.45, 2.75) is 26.7 Å². The Morgan fingerprint density at radius 3 is 2.28 bits per heavy atom. The van der Waals surface area contributed by atoms with E-state index in [0.29, 0.717) is 18.1 Å². The smallest absolute Gasteiger partial charge is 0.338 e. The second-order valence-corrected chi connectivity index (χ2v) is 4.08. The number of benzene rings is 1. The summed E-state index contributed by atoms with van der Waals surface area (Å²) in [4.78, 5) is 21.6. The topological polar surface area (TPSA) is 69.4 Å². The molecule has 0 aliphatic heterocycles. The Balaban J connectivity index is 2.59. The minimum Gasteiger partial charge on any atom is -0.462 e. The summed E-state index contributed by atoms with van der Waals surface area (Å²) in [6.45, 7) is 4.49. The molecule has 98 valence electrons. The molecule has 1 aromatic rings. The Morgan fingerprint density at radius 2 is 1.83 bits per heavy atom. The highest BCUT2D eigenvalue weighted by molar-refractivity contribution is 5.89. The van der Waals surface area contributed by atoms with E-state index >= 15 is 0 Å². The maximum Gasteiger partial charge on any atom is 0.338 e. The van der Waals surface area contributed by atoms with Crippen molar-refractivity contribution in [2.24, 2.45) is 5.92 Å². The van der Waals surface area contributed by atoms with Crippen LogP contribution >= 0.6 is 0 Å². The molecular weight excluding hydrogens is 234 g/mol. The number of ether oxygens (including phenoxy) is 1. The maximum atomic E-state index is 11.7. The Kier molecular flexibility index (Phi) is 5.30. The molecule has 0 amide bonds. The number of esters is 1. The van der Waals surface area contributed by atoms with Crippen LogP contribution in [0.15, 0.2) is 24.3 Å². The summed E-state index contributed by atoms with van der Waals surface area (Å²) >= 11 is 0. The van der Waals surface area contributed by atoms with Crippen molar-refractivity contribution in [3.63, 3.8) is 0 Å². The van der Waals surface area contributed by atoms with Gasteiger partial charge in [-0.3, -0.25) is 10.1 Å². The van der Waals surface area contributed by atoms with Crippen LogP contribution in [0, 0.1) is 16.0 Å². The van der Waals surface area contributed by atoms with Crippen LogP contribution in [0.2, 0.25) is 0 Å². The van der Waals surface area contributed by atoms with E-state index < -0.39 is 10.9 Å². The van der Waals surface area contributed by atoms with Crippen molar-refractivity contribution in [3.8, 4) is 0 Å². The average molecular weight is 251 g/mol. The van der Waals surface area contributed by atoms with Crippen molar-refractivity contribution in [1.82, 2.24) is 0 Å².